The Morgan fingerprint density at radius 2 is 1.97 bits per heavy atom. The molecule has 9 heteroatoms. The number of carbonyl (C=O) groups excluding carboxylic acids is 1. The second kappa shape index (κ2) is 7.43. The number of nitrogens with one attached hydrogen (secondary N) is 1. The van der Waals surface area contributed by atoms with Crippen molar-refractivity contribution in [2.75, 3.05) is 5.32 Å². The maximum atomic E-state index is 13.2. The number of carbonyl (C=O) groups is 1. The number of benzene rings is 2. The number of fused-ring (bicyclic) bond motifs is 2. The van der Waals surface area contributed by atoms with Gasteiger partial charge in [-0.05, 0) is 29.3 Å². The predicted molar refractivity (Wildman–Crippen MR) is 120 cm³/mol. The van der Waals surface area contributed by atoms with Crippen molar-refractivity contribution in [1.29, 1.82) is 0 Å². The lowest BCUT2D eigenvalue weighted by atomic mass is 10.0. The highest BCUT2D eigenvalue weighted by molar-refractivity contribution is 7.17. The van der Waals surface area contributed by atoms with Gasteiger partial charge in [-0.1, -0.05) is 47.7 Å². The quantitative estimate of drug-likeness (QED) is 0.461. The highest BCUT2D eigenvalue weighted by Gasteiger charge is 2.15. The second-order valence-corrected chi connectivity index (χ2v) is 8.78. The van der Waals surface area contributed by atoms with Gasteiger partial charge in [0.15, 0.2) is 0 Å². The second-order valence-electron chi connectivity index (χ2n) is 6.74. The molecule has 0 saturated carbocycles. The lowest BCUT2D eigenvalue weighted by molar-refractivity contribution is -0.116. The third kappa shape index (κ3) is 3.38. The number of aromatic nitrogens is 4. The van der Waals surface area contributed by atoms with Crippen molar-refractivity contribution in [3.05, 3.63) is 69.5 Å². The van der Waals surface area contributed by atoms with Crippen LogP contribution in [0.5, 0.6) is 0 Å². The molecule has 0 fully saturated rings. The summed E-state index contributed by atoms with van der Waals surface area (Å²) >= 11 is 2.70. The molecule has 2 aromatic carbocycles. The Balaban J connectivity index is 1.52. The fourth-order valence-electron chi connectivity index (χ4n) is 3.31. The highest BCUT2D eigenvalue weighted by Crippen LogP contribution is 2.32. The Hall–Kier alpha value is -3.43. The first-order valence-electron chi connectivity index (χ1n) is 9.14. The number of anilines is 1. The molecule has 0 bridgehead atoms. The van der Waals surface area contributed by atoms with Gasteiger partial charge in [-0.2, -0.15) is 0 Å². The average Bonchev–Trinajstić information content (AvgIpc) is 3.36. The van der Waals surface area contributed by atoms with Crippen LogP contribution < -0.4 is 10.9 Å². The van der Waals surface area contributed by atoms with Gasteiger partial charge in [-0.15, -0.1) is 21.5 Å². The molecule has 0 unspecified atom stereocenters. The molecule has 1 amide bonds. The predicted octanol–water partition coefficient (Wildman–Crippen LogP) is 4.08. The molecule has 0 atom stereocenters. The van der Waals surface area contributed by atoms with E-state index in [1.165, 1.54) is 33.6 Å². The van der Waals surface area contributed by atoms with Crippen LogP contribution in [0.25, 0.3) is 32.1 Å². The van der Waals surface area contributed by atoms with E-state index in [4.69, 9.17) is 0 Å². The summed E-state index contributed by atoms with van der Waals surface area (Å²) in [6.07, 6.45) is 1.41. The average molecular weight is 434 g/mol. The minimum Gasteiger partial charge on any atom is -0.299 e. The van der Waals surface area contributed by atoms with Crippen molar-refractivity contribution in [3.63, 3.8) is 0 Å². The molecule has 0 aliphatic heterocycles. The summed E-state index contributed by atoms with van der Waals surface area (Å²) in [6.45, 7) is 1.66. The summed E-state index contributed by atoms with van der Waals surface area (Å²) in [5.41, 5.74) is 1.53. The van der Waals surface area contributed by atoms with E-state index in [0.717, 1.165) is 26.9 Å². The summed E-state index contributed by atoms with van der Waals surface area (Å²) in [5.74, 6) is -0.350. The maximum absolute atomic E-state index is 13.2. The summed E-state index contributed by atoms with van der Waals surface area (Å²) in [4.78, 5) is 30.6. The molecule has 0 aliphatic rings. The number of rotatable bonds is 4. The standard InChI is InChI=1S/C21H15N5O2S2/c1-12-24-25-21(30-12)23-17(27)9-26-11-22-19-18(20(26)28)16(10-29-19)15-7-6-13-4-2-3-5-14(13)8-15/h2-8,10-11H,9H2,1H3,(H,23,25,27). The van der Waals surface area contributed by atoms with E-state index >= 15 is 0 Å². The van der Waals surface area contributed by atoms with Crippen LogP contribution in [0.1, 0.15) is 5.01 Å². The van der Waals surface area contributed by atoms with Gasteiger partial charge >= 0.3 is 0 Å². The summed E-state index contributed by atoms with van der Waals surface area (Å²) in [6, 6.07) is 14.2. The fraction of sp³-hybridized carbons (Fsp3) is 0.0952. The Bertz CT molecular complexity index is 1470. The minimum atomic E-state index is -0.350. The van der Waals surface area contributed by atoms with Crippen molar-refractivity contribution in [2.45, 2.75) is 13.5 Å². The number of thiophene rings is 1. The van der Waals surface area contributed by atoms with Crippen LogP contribution in [0.2, 0.25) is 0 Å². The van der Waals surface area contributed by atoms with Gasteiger partial charge in [0, 0.05) is 10.9 Å². The van der Waals surface area contributed by atoms with Crippen LogP contribution in [-0.4, -0.2) is 25.7 Å². The first-order valence-corrected chi connectivity index (χ1v) is 10.8. The zero-order chi connectivity index (χ0) is 20.7. The molecule has 0 radical (unpaired) electrons. The molecule has 3 heterocycles. The first-order chi connectivity index (χ1) is 14.6. The van der Waals surface area contributed by atoms with Crippen LogP contribution in [-0.2, 0) is 11.3 Å². The molecule has 0 spiro atoms. The van der Waals surface area contributed by atoms with Gasteiger partial charge < -0.3 is 0 Å². The van der Waals surface area contributed by atoms with Crippen molar-refractivity contribution < 1.29 is 4.79 Å². The Morgan fingerprint density at radius 1 is 1.13 bits per heavy atom. The molecule has 0 aliphatic carbocycles. The van der Waals surface area contributed by atoms with Gasteiger partial charge in [-0.3, -0.25) is 19.5 Å². The summed E-state index contributed by atoms with van der Waals surface area (Å²) in [5, 5.41) is 16.3. The molecule has 30 heavy (non-hydrogen) atoms. The molecule has 5 aromatic rings. The van der Waals surface area contributed by atoms with E-state index in [0.29, 0.717) is 15.3 Å². The van der Waals surface area contributed by atoms with E-state index in [-0.39, 0.29) is 18.0 Å². The monoisotopic (exact) mass is 433 g/mol. The molecule has 3 aromatic heterocycles. The Morgan fingerprint density at radius 3 is 2.77 bits per heavy atom. The highest BCUT2D eigenvalue weighted by atomic mass is 32.1. The fourth-order valence-corrected chi connectivity index (χ4v) is 4.82. The summed E-state index contributed by atoms with van der Waals surface area (Å²) in [7, 11) is 0. The topological polar surface area (TPSA) is 89.8 Å². The van der Waals surface area contributed by atoms with Gasteiger partial charge in [0.1, 0.15) is 16.4 Å². The SMILES string of the molecule is Cc1nnc(NC(=O)Cn2cnc3scc(-c4ccc5ccccc5c4)c3c2=O)s1. The van der Waals surface area contributed by atoms with E-state index in [2.05, 4.69) is 32.6 Å². The number of amides is 1. The van der Waals surface area contributed by atoms with Crippen LogP contribution in [0.4, 0.5) is 5.13 Å². The third-order valence-corrected chi connectivity index (χ3v) is 6.35. The molecule has 1 N–H and O–H groups in total. The van der Waals surface area contributed by atoms with Gasteiger partial charge in [-0.25, -0.2) is 4.98 Å². The van der Waals surface area contributed by atoms with Crippen LogP contribution in [0, 0.1) is 6.92 Å². The van der Waals surface area contributed by atoms with E-state index in [9.17, 15) is 9.59 Å². The molecule has 7 nitrogen and oxygen atoms in total. The zero-order valence-corrected chi connectivity index (χ0v) is 17.5. The van der Waals surface area contributed by atoms with Crippen molar-refractivity contribution in [3.8, 4) is 11.1 Å². The smallest absolute Gasteiger partial charge is 0.263 e. The van der Waals surface area contributed by atoms with Gasteiger partial charge in [0.05, 0.1) is 11.7 Å². The molecule has 0 saturated heterocycles. The van der Waals surface area contributed by atoms with Crippen molar-refractivity contribution in [1.82, 2.24) is 19.7 Å². The van der Waals surface area contributed by atoms with E-state index in [1.807, 2.05) is 35.7 Å². The molecular weight excluding hydrogens is 418 g/mol. The van der Waals surface area contributed by atoms with E-state index < -0.39 is 0 Å². The van der Waals surface area contributed by atoms with Crippen molar-refractivity contribution in [2.24, 2.45) is 0 Å². The normalized spacial score (nSPS) is 11.2. The van der Waals surface area contributed by atoms with Gasteiger partial charge in [0.2, 0.25) is 11.0 Å². The summed E-state index contributed by atoms with van der Waals surface area (Å²) < 4.78 is 1.32. The van der Waals surface area contributed by atoms with E-state index in [1.54, 1.807) is 6.92 Å². The van der Waals surface area contributed by atoms with Crippen molar-refractivity contribution >= 4 is 54.7 Å². The molecule has 148 valence electrons. The lowest BCUT2D eigenvalue weighted by Gasteiger charge is -2.06. The molecular formula is C21H15N5O2S2. The van der Waals surface area contributed by atoms with Crippen LogP contribution >= 0.6 is 22.7 Å². The number of hydrogen-bond donors (Lipinski definition) is 1. The third-order valence-electron chi connectivity index (χ3n) is 4.71. The zero-order valence-electron chi connectivity index (χ0n) is 15.8. The minimum absolute atomic E-state index is 0.145. The molecule has 5 rings (SSSR count). The largest absolute Gasteiger partial charge is 0.299 e. The first kappa shape index (κ1) is 18.6. The number of aryl methyl sites for hydroxylation is 1. The number of nitrogens with zero attached hydrogens (tertiary/aromatic N) is 4. The van der Waals surface area contributed by atoms with Crippen LogP contribution in [0.3, 0.4) is 0 Å². The maximum Gasteiger partial charge on any atom is 0.263 e. The van der Waals surface area contributed by atoms with Crippen LogP contribution in [0.15, 0.2) is 59.0 Å². The Kier molecular flexibility index (Phi) is 4.61. The lowest BCUT2D eigenvalue weighted by Crippen LogP contribution is -2.27. The van der Waals surface area contributed by atoms with Gasteiger partial charge in [0.25, 0.3) is 5.56 Å². The Labute approximate surface area is 178 Å². The number of hydrogen-bond acceptors (Lipinski definition) is 7.